The molecule has 6 heteroatoms. The van der Waals surface area contributed by atoms with Gasteiger partial charge in [-0.1, -0.05) is 19.8 Å². The van der Waals surface area contributed by atoms with Gasteiger partial charge in [0.05, 0.1) is 5.69 Å². The Morgan fingerprint density at radius 3 is 2.90 bits per heavy atom. The van der Waals surface area contributed by atoms with Crippen molar-refractivity contribution in [2.45, 2.75) is 50.5 Å². The highest BCUT2D eigenvalue weighted by atomic mass is 32.2. The monoisotopic (exact) mass is 311 g/mol. The largest absolute Gasteiger partial charge is 0.325 e. The van der Waals surface area contributed by atoms with Gasteiger partial charge >= 0.3 is 0 Å². The van der Waals surface area contributed by atoms with Crippen LogP contribution in [-0.2, 0) is 16.6 Å². The van der Waals surface area contributed by atoms with Crippen molar-refractivity contribution >= 4 is 10.0 Å². The van der Waals surface area contributed by atoms with Gasteiger partial charge in [0.2, 0.25) is 10.0 Å². The highest BCUT2D eigenvalue weighted by molar-refractivity contribution is 7.89. The summed E-state index contributed by atoms with van der Waals surface area (Å²) in [5.41, 5.74) is 6.07. The summed E-state index contributed by atoms with van der Waals surface area (Å²) in [6.07, 6.45) is 6.94. The lowest BCUT2D eigenvalue weighted by Crippen LogP contribution is -2.33. The summed E-state index contributed by atoms with van der Waals surface area (Å²) in [5, 5.41) is 0. The van der Waals surface area contributed by atoms with Crippen molar-refractivity contribution in [2.24, 2.45) is 11.7 Å². The molecule has 2 N–H and O–H groups in total. The van der Waals surface area contributed by atoms with E-state index in [4.69, 9.17) is 5.73 Å². The van der Waals surface area contributed by atoms with Gasteiger partial charge < -0.3 is 5.73 Å². The van der Waals surface area contributed by atoms with Gasteiger partial charge in [-0.25, -0.2) is 8.42 Å². The first-order valence-electron chi connectivity index (χ1n) is 7.73. The Morgan fingerprint density at radius 1 is 1.38 bits per heavy atom. The lowest BCUT2D eigenvalue weighted by Gasteiger charge is -2.21. The van der Waals surface area contributed by atoms with E-state index in [1.165, 1.54) is 6.42 Å². The number of pyridine rings is 1. The third kappa shape index (κ3) is 3.81. The standard InChI is InChI=1S/C15H25N3O2S/c1-2-5-13-6-4-10-18(11-8-13)21(19,20)15-7-3-9-17-14(15)12-16/h3,7,9,13H,2,4-6,8,10-12,16H2,1H3. The summed E-state index contributed by atoms with van der Waals surface area (Å²) in [5.74, 6) is 0.651. The second kappa shape index (κ2) is 7.33. The maximum absolute atomic E-state index is 12.8. The van der Waals surface area contributed by atoms with Gasteiger partial charge in [0.25, 0.3) is 0 Å². The van der Waals surface area contributed by atoms with Crippen LogP contribution in [-0.4, -0.2) is 30.8 Å². The zero-order valence-corrected chi connectivity index (χ0v) is 13.5. The molecule has 2 heterocycles. The zero-order chi connectivity index (χ0) is 15.3. The molecule has 0 bridgehead atoms. The van der Waals surface area contributed by atoms with E-state index in [1.807, 2.05) is 0 Å². The third-order valence-corrected chi connectivity index (χ3v) is 6.14. The van der Waals surface area contributed by atoms with E-state index in [9.17, 15) is 8.42 Å². The average Bonchev–Trinajstić information content (AvgIpc) is 2.74. The number of hydrogen-bond acceptors (Lipinski definition) is 4. The second-order valence-electron chi connectivity index (χ2n) is 5.64. The highest BCUT2D eigenvalue weighted by Gasteiger charge is 2.29. The number of aromatic nitrogens is 1. The van der Waals surface area contributed by atoms with E-state index in [-0.39, 0.29) is 11.4 Å². The van der Waals surface area contributed by atoms with Crippen LogP contribution in [0.1, 0.15) is 44.7 Å². The lowest BCUT2D eigenvalue weighted by atomic mass is 9.96. The number of nitrogens with two attached hydrogens (primary N) is 1. The van der Waals surface area contributed by atoms with Gasteiger partial charge in [-0.05, 0) is 37.3 Å². The topological polar surface area (TPSA) is 76.3 Å². The minimum atomic E-state index is -3.48. The molecule has 1 aromatic rings. The SMILES string of the molecule is CCCC1CCCN(S(=O)(=O)c2cccnc2CN)CC1. The predicted molar refractivity (Wildman–Crippen MR) is 83.1 cm³/mol. The summed E-state index contributed by atoms with van der Waals surface area (Å²) < 4.78 is 27.2. The van der Waals surface area contributed by atoms with Crippen molar-refractivity contribution in [1.82, 2.24) is 9.29 Å². The first kappa shape index (κ1) is 16.4. The maximum atomic E-state index is 12.8. The number of rotatable bonds is 5. The fourth-order valence-electron chi connectivity index (χ4n) is 3.03. The number of sulfonamides is 1. The average molecular weight is 311 g/mol. The van der Waals surface area contributed by atoms with Gasteiger partial charge in [-0.3, -0.25) is 4.98 Å². The van der Waals surface area contributed by atoms with Crippen LogP contribution in [0.3, 0.4) is 0 Å². The Labute approximate surface area is 127 Å². The van der Waals surface area contributed by atoms with Crippen LogP contribution in [0, 0.1) is 5.92 Å². The van der Waals surface area contributed by atoms with E-state index < -0.39 is 10.0 Å². The molecule has 1 atom stereocenters. The number of hydrogen-bond donors (Lipinski definition) is 1. The van der Waals surface area contributed by atoms with Crippen LogP contribution >= 0.6 is 0 Å². The summed E-state index contributed by atoms with van der Waals surface area (Å²) in [7, 11) is -3.48. The minimum absolute atomic E-state index is 0.141. The van der Waals surface area contributed by atoms with E-state index >= 15 is 0 Å². The molecule has 1 aliphatic rings. The molecule has 0 aliphatic carbocycles. The molecule has 1 saturated heterocycles. The molecule has 1 unspecified atom stereocenters. The highest BCUT2D eigenvalue weighted by Crippen LogP contribution is 2.26. The van der Waals surface area contributed by atoms with Gasteiger partial charge in [-0.15, -0.1) is 0 Å². The Morgan fingerprint density at radius 2 is 2.19 bits per heavy atom. The molecule has 21 heavy (non-hydrogen) atoms. The van der Waals surface area contributed by atoms with E-state index in [1.54, 1.807) is 22.6 Å². The van der Waals surface area contributed by atoms with Crippen molar-refractivity contribution < 1.29 is 8.42 Å². The van der Waals surface area contributed by atoms with Crippen LogP contribution in [0.4, 0.5) is 0 Å². The molecule has 1 aromatic heterocycles. The van der Waals surface area contributed by atoms with E-state index in [0.29, 0.717) is 24.7 Å². The van der Waals surface area contributed by atoms with Crippen LogP contribution < -0.4 is 5.73 Å². The molecule has 0 saturated carbocycles. The lowest BCUT2D eigenvalue weighted by molar-refractivity contribution is 0.399. The molecule has 5 nitrogen and oxygen atoms in total. The first-order valence-corrected chi connectivity index (χ1v) is 9.17. The predicted octanol–water partition coefficient (Wildman–Crippen LogP) is 2.13. The summed E-state index contributed by atoms with van der Waals surface area (Å²) in [6.45, 7) is 3.53. The van der Waals surface area contributed by atoms with Crippen molar-refractivity contribution in [3.05, 3.63) is 24.0 Å². The van der Waals surface area contributed by atoms with Gasteiger partial charge in [0, 0.05) is 25.8 Å². The first-order chi connectivity index (χ1) is 10.1. The maximum Gasteiger partial charge on any atom is 0.244 e. The fraction of sp³-hybridized carbons (Fsp3) is 0.667. The Kier molecular flexibility index (Phi) is 5.72. The molecular formula is C15H25N3O2S. The molecule has 118 valence electrons. The molecule has 0 aromatic carbocycles. The molecule has 1 aliphatic heterocycles. The third-order valence-electron chi connectivity index (χ3n) is 4.16. The normalized spacial score (nSPS) is 21.1. The van der Waals surface area contributed by atoms with Gasteiger partial charge in [0.15, 0.2) is 0 Å². The van der Waals surface area contributed by atoms with Crippen molar-refractivity contribution in [3.63, 3.8) is 0 Å². The van der Waals surface area contributed by atoms with E-state index in [0.717, 1.165) is 25.7 Å². The molecule has 0 radical (unpaired) electrons. The molecule has 0 spiro atoms. The minimum Gasteiger partial charge on any atom is -0.325 e. The van der Waals surface area contributed by atoms with Crippen LogP contribution in [0.2, 0.25) is 0 Å². The second-order valence-corrected chi connectivity index (χ2v) is 7.55. The molecular weight excluding hydrogens is 286 g/mol. The Balaban J connectivity index is 2.19. The smallest absolute Gasteiger partial charge is 0.244 e. The number of nitrogens with zero attached hydrogens (tertiary/aromatic N) is 2. The Bertz CT molecular complexity index is 560. The van der Waals surface area contributed by atoms with Crippen molar-refractivity contribution in [2.75, 3.05) is 13.1 Å². The Hall–Kier alpha value is -0.980. The van der Waals surface area contributed by atoms with Crippen molar-refractivity contribution in [3.8, 4) is 0 Å². The fourth-order valence-corrected chi connectivity index (χ4v) is 4.70. The van der Waals surface area contributed by atoms with Crippen molar-refractivity contribution in [1.29, 1.82) is 0 Å². The zero-order valence-electron chi connectivity index (χ0n) is 12.7. The van der Waals surface area contributed by atoms with Crippen LogP contribution in [0.15, 0.2) is 23.2 Å². The molecule has 2 rings (SSSR count). The van der Waals surface area contributed by atoms with Crippen LogP contribution in [0.25, 0.3) is 0 Å². The molecule has 0 amide bonds. The summed E-state index contributed by atoms with van der Waals surface area (Å²) in [4.78, 5) is 4.36. The van der Waals surface area contributed by atoms with Gasteiger partial charge in [-0.2, -0.15) is 4.31 Å². The van der Waals surface area contributed by atoms with Gasteiger partial charge in [0.1, 0.15) is 4.90 Å². The van der Waals surface area contributed by atoms with E-state index in [2.05, 4.69) is 11.9 Å². The molecule has 1 fully saturated rings. The van der Waals surface area contributed by atoms with Crippen LogP contribution in [0.5, 0.6) is 0 Å². The summed E-state index contributed by atoms with van der Waals surface area (Å²) in [6, 6.07) is 3.27. The summed E-state index contributed by atoms with van der Waals surface area (Å²) >= 11 is 0. The quantitative estimate of drug-likeness (QED) is 0.904.